The van der Waals surface area contributed by atoms with Gasteiger partial charge in [-0.1, -0.05) is 13.8 Å². The van der Waals surface area contributed by atoms with Crippen molar-refractivity contribution in [2.75, 3.05) is 39.2 Å². The van der Waals surface area contributed by atoms with Crippen LogP contribution in [-0.4, -0.2) is 69.6 Å². The minimum absolute atomic E-state index is 0.0589. The molecule has 0 aromatic carbocycles. The molecule has 2 N–H and O–H groups in total. The van der Waals surface area contributed by atoms with Gasteiger partial charge in [0.15, 0.2) is 11.5 Å². The lowest BCUT2D eigenvalue weighted by Crippen LogP contribution is -2.19. The maximum atomic E-state index is 13.1. The Balaban J connectivity index is 1.92. The van der Waals surface area contributed by atoms with Gasteiger partial charge in [-0.2, -0.15) is 0 Å². The lowest BCUT2D eigenvalue weighted by atomic mass is 10.4. The standard InChI is InChI=1S/C18H30N5O7PS/c1-13(2)32-18(24)27-11-30-31(25,29-7-5-6-26-4)12-28-14(3)8-23-10-22-15-16(19)20-9-21-17(15)23/h9-10,13-14H,5-8,11-12H2,1-4H3,(H2,19,20,21)/t14-,31?/m1/s1. The molecule has 0 fully saturated rings. The van der Waals surface area contributed by atoms with Crippen LogP contribution in [-0.2, 0) is 34.4 Å². The number of aromatic nitrogens is 4. The Morgan fingerprint density at radius 2 is 2.00 bits per heavy atom. The molecule has 0 saturated heterocycles. The normalized spacial score (nSPS) is 14.5. The number of carbonyl (C=O) groups is 1. The highest BCUT2D eigenvalue weighted by molar-refractivity contribution is 8.13. The topological polar surface area (TPSA) is 150 Å². The average molecular weight is 492 g/mol. The van der Waals surface area contributed by atoms with Crippen LogP contribution >= 0.6 is 19.4 Å². The summed E-state index contributed by atoms with van der Waals surface area (Å²) in [6, 6.07) is 0. The predicted molar refractivity (Wildman–Crippen MR) is 120 cm³/mol. The number of ether oxygens (including phenoxy) is 3. The number of methoxy groups -OCH3 is 1. The average Bonchev–Trinajstić information content (AvgIpc) is 3.13. The van der Waals surface area contributed by atoms with Gasteiger partial charge in [-0.25, -0.2) is 19.7 Å². The van der Waals surface area contributed by atoms with E-state index >= 15 is 0 Å². The molecule has 0 aliphatic carbocycles. The molecule has 0 radical (unpaired) electrons. The van der Waals surface area contributed by atoms with Crippen molar-refractivity contribution in [3.8, 4) is 0 Å². The van der Waals surface area contributed by atoms with E-state index in [4.69, 9.17) is 29.0 Å². The number of fused-ring (bicyclic) bond motifs is 1. The highest BCUT2D eigenvalue weighted by atomic mass is 32.2. The van der Waals surface area contributed by atoms with E-state index in [1.807, 2.05) is 13.8 Å². The molecule has 0 aliphatic heterocycles. The molecule has 2 heterocycles. The molecule has 0 spiro atoms. The number of carbonyl (C=O) groups excluding carboxylic acids is 1. The number of nitrogens with two attached hydrogens (primary N) is 1. The summed E-state index contributed by atoms with van der Waals surface area (Å²) in [7, 11) is -2.12. The van der Waals surface area contributed by atoms with E-state index < -0.39 is 19.7 Å². The molecule has 180 valence electrons. The van der Waals surface area contributed by atoms with Crippen molar-refractivity contribution >= 4 is 41.6 Å². The zero-order chi connectivity index (χ0) is 23.6. The number of imidazole rings is 1. The van der Waals surface area contributed by atoms with E-state index in [9.17, 15) is 9.36 Å². The van der Waals surface area contributed by atoms with Gasteiger partial charge in [-0.15, -0.1) is 0 Å². The van der Waals surface area contributed by atoms with Gasteiger partial charge in [0.05, 0.1) is 25.6 Å². The molecule has 0 amide bonds. The highest BCUT2D eigenvalue weighted by Gasteiger charge is 2.27. The first-order valence-electron chi connectivity index (χ1n) is 9.97. The third-order valence-corrected chi connectivity index (χ3v) is 6.26. The van der Waals surface area contributed by atoms with Gasteiger partial charge < -0.3 is 29.0 Å². The molecule has 2 atom stereocenters. The number of nitrogens with zero attached hydrogens (tertiary/aromatic N) is 4. The van der Waals surface area contributed by atoms with Crippen molar-refractivity contribution in [2.24, 2.45) is 0 Å². The van der Waals surface area contributed by atoms with Crippen LogP contribution in [0, 0.1) is 0 Å². The van der Waals surface area contributed by atoms with Crippen LogP contribution in [0.25, 0.3) is 11.2 Å². The lowest BCUT2D eigenvalue weighted by molar-refractivity contribution is 0.0329. The van der Waals surface area contributed by atoms with Gasteiger partial charge in [0, 0.05) is 19.0 Å². The van der Waals surface area contributed by atoms with E-state index in [-0.39, 0.29) is 30.1 Å². The quantitative estimate of drug-likeness (QED) is 0.179. The van der Waals surface area contributed by atoms with E-state index in [1.54, 1.807) is 24.9 Å². The number of thioether (sulfide) groups is 1. The van der Waals surface area contributed by atoms with Crippen LogP contribution in [0.3, 0.4) is 0 Å². The first kappa shape index (κ1) is 26.5. The van der Waals surface area contributed by atoms with E-state index in [1.165, 1.54) is 6.33 Å². The molecule has 12 nitrogen and oxygen atoms in total. The zero-order valence-corrected chi connectivity index (χ0v) is 20.3. The number of hydrogen-bond acceptors (Lipinski definition) is 12. The summed E-state index contributed by atoms with van der Waals surface area (Å²) in [5, 5.41) is -0.461. The van der Waals surface area contributed by atoms with Crippen LogP contribution in [0.5, 0.6) is 0 Å². The second kappa shape index (κ2) is 13.1. The molecule has 2 rings (SSSR count). The molecule has 2 aromatic heterocycles. The molecule has 0 aliphatic rings. The van der Waals surface area contributed by atoms with Crippen molar-refractivity contribution in [3.63, 3.8) is 0 Å². The fourth-order valence-corrected chi connectivity index (χ4v) is 4.26. The van der Waals surface area contributed by atoms with Crippen LogP contribution in [0.15, 0.2) is 12.7 Å². The molecular formula is C18H30N5O7PS. The maximum absolute atomic E-state index is 13.1. The number of hydrogen-bond donors (Lipinski definition) is 1. The van der Waals surface area contributed by atoms with E-state index in [0.717, 1.165) is 11.8 Å². The fourth-order valence-electron chi connectivity index (χ4n) is 2.48. The first-order chi connectivity index (χ1) is 15.2. The number of anilines is 1. The van der Waals surface area contributed by atoms with Gasteiger partial charge in [0.1, 0.15) is 18.2 Å². The molecule has 0 bridgehead atoms. The largest absolute Gasteiger partial charge is 0.430 e. The summed E-state index contributed by atoms with van der Waals surface area (Å²) < 4.78 is 41.2. The lowest BCUT2D eigenvalue weighted by Gasteiger charge is -2.21. The molecule has 32 heavy (non-hydrogen) atoms. The zero-order valence-electron chi connectivity index (χ0n) is 18.6. The molecule has 1 unspecified atom stereocenters. The monoisotopic (exact) mass is 491 g/mol. The Bertz CT molecular complexity index is 913. The Labute approximate surface area is 191 Å². The summed E-state index contributed by atoms with van der Waals surface area (Å²) in [5.41, 5.74) is 6.87. The molecular weight excluding hydrogens is 461 g/mol. The van der Waals surface area contributed by atoms with Gasteiger partial charge in [-0.3, -0.25) is 9.09 Å². The summed E-state index contributed by atoms with van der Waals surface area (Å²) in [4.78, 5) is 24.0. The van der Waals surface area contributed by atoms with Gasteiger partial charge in [0.2, 0.25) is 6.79 Å². The van der Waals surface area contributed by atoms with Gasteiger partial charge in [-0.05, 0) is 25.1 Å². The smallest absolute Gasteiger partial charge is 0.369 e. The molecule has 2 aromatic rings. The third-order valence-electron chi connectivity index (χ3n) is 3.94. The Hall–Kier alpha value is -1.76. The van der Waals surface area contributed by atoms with E-state index in [0.29, 0.717) is 30.7 Å². The molecule has 0 saturated carbocycles. The minimum atomic E-state index is -3.68. The van der Waals surface area contributed by atoms with E-state index in [2.05, 4.69) is 15.0 Å². The van der Waals surface area contributed by atoms with Crippen molar-refractivity contribution < 1.29 is 32.6 Å². The summed E-state index contributed by atoms with van der Waals surface area (Å²) in [6.45, 7) is 5.96. The summed E-state index contributed by atoms with van der Waals surface area (Å²) in [5.74, 6) is 0.287. The minimum Gasteiger partial charge on any atom is -0.430 e. The first-order valence-corrected chi connectivity index (χ1v) is 12.6. The predicted octanol–water partition coefficient (Wildman–Crippen LogP) is 3.27. The van der Waals surface area contributed by atoms with Crippen LogP contribution in [0.2, 0.25) is 0 Å². The van der Waals surface area contributed by atoms with Crippen LogP contribution in [0.4, 0.5) is 10.6 Å². The summed E-state index contributed by atoms with van der Waals surface area (Å²) in [6.07, 6.45) is 2.75. The highest BCUT2D eigenvalue weighted by Crippen LogP contribution is 2.48. The maximum Gasteiger partial charge on any atom is 0.369 e. The van der Waals surface area contributed by atoms with Crippen LogP contribution < -0.4 is 5.73 Å². The van der Waals surface area contributed by atoms with Crippen LogP contribution in [0.1, 0.15) is 27.2 Å². The fraction of sp³-hybridized carbons (Fsp3) is 0.667. The SMILES string of the molecule is COCCCOP(=O)(CO[C@H](C)Cn1cnc2c(N)ncnc21)OCOC(=O)SC(C)C. The summed E-state index contributed by atoms with van der Waals surface area (Å²) >= 11 is 1.00. The van der Waals surface area contributed by atoms with Crippen molar-refractivity contribution in [2.45, 2.75) is 45.1 Å². The Kier molecular flexibility index (Phi) is 10.8. The third kappa shape index (κ3) is 8.64. The van der Waals surface area contributed by atoms with Crippen molar-refractivity contribution in [1.29, 1.82) is 0 Å². The number of rotatable bonds is 14. The second-order valence-electron chi connectivity index (χ2n) is 7.03. The van der Waals surface area contributed by atoms with Crippen molar-refractivity contribution in [1.82, 2.24) is 19.5 Å². The number of nitrogen functional groups attached to an aromatic ring is 1. The van der Waals surface area contributed by atoms with Crippen molar-refractivity contribution in [3.05, 3.63) is 12.7 Å². The molecule has 14 heteroatoms. The van der Waals surface area contributed by atoms with Gasteiger partial charge in [0.25, 0.3) is 0 Å². The second-order valence-corrected chi connectivity index (χ2v) is 10.5. The Morgan fingerprint density at radius 1 is 1.22 bits per heavy atom. The Morgan fingerprint density at radius 3 is 2.72 bits per heavy atom. The van der Waals surface area contributed by atoms with Gasteiger partial charge >= 0.3 is 12.9 Å².